The number of anilines is 1. The number of ether oxygens (including phenoxy) is 4. The molecule has 6 heteroatoms. The van der Waals surface area contributed by atoms with Crippen LogP contribution in [-0.4, -0.2) is 45.5 Å². The second kappa shape index (κ2) is 21.9. The molecule has 6 nitrogen and oxygen atoms in total. The third-order valence-corrected chi connectivity index (χ3v) is 9.04. The highest BCUT2D eigenvalue weighted by molar-refractivity contribution is 5.81. The molecule has 0 aliphatic carbocycles. The molecule has 0 radical (unpaired) electrons. The second-order valence-corrected chi connectivity index (χ2v) is 13.6. The smallest absolute Gasteiger partial charge is 0.132 e. The van der Waals surface area contributed by atoms with Gasteiger partial charge in [-0.25, -0.2) is 4.98 Å². The van der Waals surface area contributed by atoms with Crippen molar-refractivity contribution < 1.29 is 18.9 Å². The number of unbranched alkanes of at least 4 members (excludes halogenated alkanes) is 8. The van der Waals surface area contributed by atoms with Gasteiger partial charge >= 0.3 is 0 Å². The molecule has 0 saturated heterocycles. The molecule has 3 aromatic carbocycles. The molecule has 0 saturated carbocycles. The highest BCUT2D eigenvalue weighted by Gasteiger charge is 2.17. The number of pyridine rings is 1. The van der Waals surface area contributed by atoms with Crippen LogP contribution in [0, 0.1) is 0 Å². The molecule has 0 fully saturated rings. The summed E-state index contributed by atoms with van der Waals surface area (Å²) in [5, 5.41) is 0. The van der Waals surface area contributed by atoms with Gasteiger partial charge in [-0.15, -0.1) is 0 Å². The molecular formula is C45H62N2O4. The normalized spacial score (nSPS) is 11.0. The first kappa shape index (κ1) is 39.6. The highest BCUT2D eigenvalue weighted by Crippen LogP contribution is 2.40. The van der Waals surface area contributed by atoms with Gasteiger partial charge in [0, 0.05) is 43.0 Å². The molecule has 0 unspecified atom stereocenters. The lowest BCUT2D eigenvalue weighted by atomic mass is 9.99. The van der Waals surface area contributed by atoms with Crippen molar-refractivity contribution >= 4 is 5.69 Å². The zero-order chi connectivity index (χ0) is 36.3. The second-order valence-electron chi connectivity index (χ2n) is 13.6. The molecule has 51 heavy (non-hydrogen) atoms. The summed E-state index contributed by atoms with van der Waals surface area (Å²) in [4.78, 5) is 7.46. The number of hydrogen-bond donors (Lipinski definition) is 0. The Morgan fingerprint density at radius 2 is 0.863 bits per heavy atom. The van der Waals surface area contributed by atoms with Crippen LogP contribution in [0.5, 0.6) is 23.0 Å². The third-order valence-electron chi connectivity index (χ3n) is 9.04. The molecule has 1 aromatic heterocycles. The largest absolute Gasteiger partial charge is 0.493 e. The van der Waals surface area contributed by atoms with E-state index in [4.69, 9.17) is 23.9 Å². The van der Waals surface area contributed by atoms with Crippen molar-refractivity contribution in [3.63, 3.8) is 0 Å². The van der Waals surface area contributed by atoms with Crippen molar-refractivity contribution in [3.8, 4) is 56.6 Å². The van der Waals surface area contributed by atoms with Crippen LogP contribution in [0.25, 0.3) is 33.6 Å². The lowest BCUT2D eigenvalue weighted by Crippen LogP contribution is -2.07. The predicted molar refractivity (Wildman–Crippen MR) is 215 cm³/mol. The fraction of sp³-hybridized carbons (Fsp3) is 0.489. The Hall–Kier alpha value is -4.19. The van der Waals surface area contributed by atoms with Crippen LogP contribution in [0.3, 0.4) is 0 Å². The minimum absolute atomic E-state index is 0.647. The van der Waals surface area contributed by atoms with E-state index in [2.05, 4.69) is 95.2 Å². The number of rotatable bonds is 24. The molecule has 0 amide bonds. The summed E-state index contributed by atoms with van der Waals surface area (Å²) < 4.78 is 25.3. The monoisotopic (exact) mass is 694 g/mol. The molecule has 4 rings (SSSR count). The molecule has 0 bridgehead atoms. The van der Waals surface area contributed by atoms with Gasteiger partial charge in [0.25, 0.3) is 0 Å². The Labute approximate surface area is 308 Å². The third kappa shape index (κ3) is 12.5. The van der Waals surface area contributed by atoms with E-state index < -0.39 is 0 Å². The Kier molecular flexibility index (Phi) is 17.0. The molecule has 0 aliphatic heterocycles. The average molecular weight is 695 g/mol. The maximum atomic E-state index is 6.50. The van der Waals surface area contributed by atoms with E-state index in [1.54, 1.807) is 0 Å². The van der Waals surface area contributed by atoms with Crippen molar-refractivity contribution in [1.29, 1.82) is 0 Å². The Balaban J connectivity index is 1.82. The Bertz CT molecular complexity index is 1490. The van der Waals surface area contributed by atoms with Gasteiger partial charge < -0.3 is 23.8 Å². The van der Waals surface area contributed by atoms with Crippen molar-refractivity contribution in [2.45, 2.75) is 105 Å². The molecule has 0 N–H and O–H groups in total. The van der Waals surface area contributed by atoms with Gasteiger partial charge in [0.05, 0.1) is 37.8 Å². The molecule has 0 atom stereocenters. The lowest BCUT2D eigenvalue weighted by molar-refractivity contribution is 0.292. The predicted octanol–water partition coefficient (Wildman–Crippen LogP) is 12.4. The lowest BCUT2D eigenvalue weighted by Gasteiger charge is -2.18. The van der Waals surface area contributed by atoms with E-state index in [1.165, 1.54) is 0 Å². The fourth-order valence-corrected chi connectivity index (χ4v) is 5.92. The zero-order valence-corrected chi connectivity index (χ0v) is 32.3. The maximum Gasteiger partial charge on any atom is 0.132 e. The van der Waals surface area contributed by atoms with Gasteiger partial charge in [0.1, 0.15) is 23.0 Å². The standard InChI is InChI=1S/C45H62N2O4/c1-7-11-15-27-48-38-23-25-40(44(33-38)50-29-17-13-9-3)42-31-36(35-19-21-37(22-20-35)47(5)6)32-43(46-42)41-26-24-39(49-28-16-12-8-2)34-45(41)51-30-18-14-10-4/h19-26,31-34H,7-18,27-30H2,1-6H3. The van der Waals surface area contributed by atoms with E-state index in [0.717, 1.165) is 139 Å². The van der Waals surface area contributed by atoms with Crippen LogP contribution in [0.2, 0.25) is 0 Å². The molecule has 0 spiro atoms. The summed E-state index contributed by atoms with van der Waals surface area (Å²) in [5.74, 6) is 3.25. The highest BCUT2D eigenvalue weighted by atomic mass is 16.5. The Morgan fingerprint density at radius 1 is 0.451 bits per heavy atom. The topological polar surface area (TPSA) is 53.1 Å². The van der Waals surface area contributed by atoms with Gasteiger partial charge in [-0.1, -0.05) is 91.2 Å². The summed E-state index contributed by atoms with van der Waals surface area (Å²) in [6.07, 6.45) is 13.3. The summed E-state index contributed by atoms with van der Waals surface area (Å²) >= 11 is 0. The average Bonchev–Trinajstić information content (AvgIpc) is 3.15. The molecule has 0 aliphatic rings. The van der Waals surface area contributed by atoms with Gasteiger partial charge in [-0.05, 0) is 85.3 Å². The number of aromatic nitrogens is 1. The molecular weight excluding hydrogens is 633 g/mol. The summed E-state index contributed by atoms with van der Waals surface area (Å²) in [5.41, 5.74) is 6.94. The van der Waals surface area contributed by atoms with Crippen LogP contribution in [0.15, 0.2) is 72.8 Å². The van der Waals surface area contributed by atoms with Crippen molar-refractivity contribution in [2.24, 2.45) is 0 Å². The first-order valence-corrected chi connectivity index (χ1v) is 19.6. The van der Waals surface area contributed by atoms with Crippen molar-refractivity contribution in [3.05, 3.63) is 72.8 Å². The van der Waals surface area contributed by atoms with E-state index in [1.807, 2.05) is 24.3 Å². The quantitative estimate of drug-likeness (QED) is 0.0681. The fourth-order valence-electron chi connectivity index (χ4n) is 5.92. The van der Waals surface area contributed by atoms with Crippen LogP contribution in [0.1, 0.15) is 105 Å². The van der Waals surface area contributed by atoms with Crippen molar-refractivity contribution in [2.75, 3.05) is 45.4 Å². The summed E-state index contributed by atoms with van der Waals surface area (Å²) in [6, 6.07) is 25.4. The SMILES string of the molecule is CCCCCOc1ccc(-c2cc(-c3ccc(N(C)C)cc3)cc(-c3ccc(OCCCCC)cc3OCCCCC)n2)c(OCCCCC)c1. The van der Waals surface area contributed by atoms with E-state index >= 15 is 0 Å². The van der Waals surface area contributed by atoms with Gasteiger partial charge in [-0.3, -0.25) is 0 Å². The summed E-state index contributed by atoms with van der Waals surface area (Å²) in [7, 11) is 4.13. The minimum atomic E-state index is 0.647. The molecule has 4 aromatic rings. The Morgan fingerprint density at radius 3 is 1.25 bits per heavy atom. The van der Waals surface area contributed by atoms with E-state index in [-0.39, 0.29) is 0 Å². The number of hydrogen-bond acceptors (Lipinski definition) is 6. The van der Waals surface area contributed by atoms with Crippen LogP contribution in [0.4, 0.5) is 5.69 Å². The van der Waals surface area contributed by atoms with E-state index in [9.17, 15) is 0 Å². The van der Waals surface area contributed by atoms with Crippen LogP contribution < -0.4 is 23.8 Å². The first-order valence-electron chi connectivity index (χ1n) is 19.6. The minimum Gasteiger partial charge on any atom is -0.493 e. The number of benzene rings is 3. The van der Waals surface area contributed by atoms with Crippen molar-refractivity contribution in [1.82, 2.24) is 4.98 Å². The zero-order valence-electron chi connectivity index (χ0n) is 32.3. The van der Waals surface area contributed by atoms with Crippen LogP contribution in [-0.2, 0) is 0 Å². The first-order chi connectivity index (χ1) is 25.0. The maximum absolute atomic E-state index is 6.50. The van der Waals surface area contributed by atoms with Gasteiger partial charge in [0.2, 0.25) is 0 Å². The molecule has 1 heterocycles. The van der Waals surface area contributed by atoms with E-state index in [0.29, 0.717) is 26.4 Å². The molecule has 276 valence electrons. The summed E-state index contributed by atoms with van der Waals surface area (Å²) in [6.45, 7) is 11.5. The number of nitrogens with zero attached hydrogens (tertiary/aromatic N) is 2. The van der Waals surface area contributed by atoms with Gasteiger partial charge in [0.15, 0.2) is 0 Å². The van der Waals surface area contributed by atoms with Gasteiger partial charge in [-0.2, -0.15) is 0 Å². The van der Waals surface area contributed by atoms with Crippen LogP contribution >= 0.6 is 0 Å².